The van der Waals surface area contributed by atoms with Gasteiger partial charge in [-0.2, -0.15) is 0 Å². The van der Waals surface area contributed by atoms with Gasteiger partial charge >= 0.3 is 0 Å². The highest BCUT2D eigenvalue weighted by Gasteiger charge is 2.27. The lowest BCUT2D eigenvalue weighted by Crippen LogP contribution is -2.19. The second-order valence-corrected chi connectivity index (χ2v) is 6.84. The first-order valence-corrected chi connectivity index (χ1v) is 8.11. The van der Waals surface area contributed by atoms with Gasteiger partial charge in [0.1, 0.15) is 4.70 Å². The van der Waals surface area contributed by atoms with Crippen molar-refractivity contribution in [3.63, 3.8) is 0 Å². The summed E-state index contributed by atoms with van der Waals surface area (Å²) in [5.41, 5.74) is 1.03. The molecule has 20 heavy (non-hydrogen) atoms. The third-order valence-electron chi connectivity index (χ3n) is 3.55. The number of fused-ring (bicyclic) bond motifs is 1. The summed E-state index contributed by atoms with van der Waals surface area (Å²) in [4.78, 5) is 12.4. The van der Waals surface area contributed by atoms with Crippen LogP contribution in [-0.2, 0) is 6.54 Å². The number of rotatable bonds is 3. The topological polar surface area (TPSA) is 48.0 Å². The van der Waals surface area contributed by atoms with Crippen molar-refractivity contribution < 1.29 is 4.52 Å². The van der Waals surface area contributed by atoms with Crippen molar-refractivity contribution in [2.24, 2.45) is 0 Å². The van der Waals surface area contributed by atoms with Crippen LogP contribution < -0.4 is 5.56 Å². The van der Waals surface area contributed by atoms with E-state index in [0.29, 0.717) is 12.5 Å². The maximum Gasteiger partial charge on any atom is 0.268 e. The standard InChI is InChI=1S/C14H11BrN2O2S/c15-11-7-17(14(18)13-10(11)3-4-20-13)6-9-5-12(16-19-9)8-1-2-8/h3-5,7-8H,1-2,6H2. The fourth-order valence-electron chi connectivity index (χ4n) is 2.32. The molecule has 4 rings (SSSR count). The Morgan fingerprint density at radius 2 is 2.35 bits per heavy atom. The zero-order valence-corrected chi connectivity index (χ0v) is 12.9. The van der Waals surface area contributed by atoms with Crippen LogP contribution in [0.2, 0.25) is 0 Å². The summed E-state index contributed by atoms with van der Waals surface area (Å²) in [7, 11) is 0. The Kier molecular flexibility index (Phi) is 2.82. The van der Waals surface area contributed by atoms with Gasteiger partial charge in [-0.05, 0) is 40.2 Å². The van der Waals surface area contributed by atoms with Gasteiger partial charge in [0.2, 0.25) is 0 Å². The number of hydrogen-bond acceptors (Lipinski definition) is 4. The quantitative estimate of drug-likeness (QED) is 0.722. The molecule has 0 spiro atoms. The molecule has 4 nitrogen and oxygen atoms in total. The van der Waals surface area contributed by atoms with Gasteiger partial charge in [-0.1, -0.05) is 5.16 Å². The summed E-state index contributed by atoms with van der Waals surface area (Å²) in [6.45, 7) is 0.422. The van der Waals surface area contributed by atoms with Crippen LogP contribution in [-0.4, -0.2) is 9.72 Å². The van der Waals surface area contributed by atoms with Crippen LogP contribution in [0.25, 0.3) is 10.1 Å². The SMILES string of the molecule is O=c1c2sccc2c(Br)cn1Cc1cc(C2CC2)no1. The summed E-state index contributed by atoms with van der Waals surface area (Å²) < 4.78 is 8.69. The minimum absolute atomic E-state index is 0.0163. The van der Waals surface area contributed by atoms with E-state index < -0.39 is 0 Å². The molecular formula is C14H11BrN2O2S. The molecule has 1 fully saturated rings. The summed E-state index contributed by atoms with van der Waals surface area (Å²) >= 11 is 4.98. The summed E-state index contributed by atoms with van der Waals surface area (Å²) in [5.74, 6) is 1.30. The van der Waals surface area contributed by atoms with Gasteiger partial charge in [0.05, 0.1) is 12.2 Å². The number of aromatic nitrogens is 2. The Bertz CT molecular complexity index is 844. The van der Waals surface area contributed by atoms with Crippen molar-refractivity contribution in [2.75, 3.05) is 0 Å². The Morgan fingerprint density at radius 1 is 1.50 bits per heavy atom. The average Bonchev–Trinajstić information content (AvgIpc) is 2.99. The molecule has 1 aliphatic rings. The van der Waals surface area contributed by atoms with E-state index in [4.69, 9.17) is 4.52 Å². The molecule has 0 atom stereocenters. The van der Waals surface area contributed by atoms with Crippen molar-refractivity contribution in [3.05, 3.63) is 50.0 Å². The molecule has 102 valence electrons. The van der Waals surface area contributed by atoms with E-state index in [1.807, 2.05) is 23.7 Å². The van der Waals surface area contributed by atoms with E-state index in [0.717, 1.165) is 26.0 Å². The molecule has 0 bridgehead atoms. The largest absolute Gasteiger partial charge is 0.359 e. The van der Waals surface area contributed by atoms with E-state index in [-0.39, 0.29) is 5.56 Å². The molecular weight excluding hydrogens is 340 g/mol. The number of halogens is 1. The highest BCUT2D eigenvalue weighted by atomic mass is 79.9. The van der Waals surface area contributed by atoms with E-state index >= 15 is 0 Å². The van der Waals surface area contributed by atoms with Crippen LogP contribution >= 0.6 is 27.3 Å². The van der Waals surface area contributed by atoms with Crippen molar-refractivity contribution in [3.8, 4) is 0 Å². The van der Waals surface area contributed by atoms with Crippen LogP contribution in [0, 0.1) is 0 Å². The zero-order valence-electron chi connectivity index (χ0n) is 10.5. The van der Waals surface area contributed by atoms with E-state index in [1.54, 1.807) is 4.57 Å². The smallest absolute Gasteiger partial charge is 0.268 e. The molecule has 0 radical (unpaired) electrons. The number of nitrogens with zero attached hydrogens (tertiary/aromatic N) is 2. The first kappa shape index (κ1) is 12.3. The van der Waals surface area contributed by atoms with Crippen molar-refractivity contribution >= 4 is 37.4 Å². The lowest BCUT2D eigenvalue weighted by atomic mass is 10.2. The first-order chi connectivity index (χ1) is 9.72. The fourth-order valence-corrected chi connectivity index (χ4v) is 3.89. The number of pyridine rings is 1. The molecule has 0 saturated heterocycles. The van der Waals surface area contributed by atoms with Gasteiger partial charge in [-0.15, -0.1) is 11.3 Å². The van der Waals surface area contributed by atoms with Crippen molar-refractivity contribution in [2.45, 2.75) is 25.3 Å². The zero-order chi connectivity index (χ0) is 13.7. The molecule has 3 aromatic rings. The molecule has 0 aliphatic heterocycles. The molecule has 6 heteroatoms. The molecule has 0 unspecified atom stereocenters. The predicted molar refractivity (Wildman–Crippen MR) is 81.4 cm³/mol. The second-order valence-electron chi connectivity index (χ2n) is 5.07. The number of thiophene rings is 1. The summed E-state index contributed by atoms with van der Waals surface area (Å²) in [6, 6.07) is 3.92. The summed E-state index contributed by atoms with van der Waals surface area (Å²) in [5, 5.41) is 6.98. The fraction of sp³-hybridized carbons (Fsp3) is 0.286. The van der Waals surface area contributed by atoms with Crippen molar-refractivity contribution in [1.29, 1.82) is 0 Å². The maximum atomic E-state index is 12.4. The maximum absolute atomic E-state index is 12.4. The average molecular weight is 351 g/mol. The lowest BCUT2D eigenvalue weighted by molar-refractivity contribution is 0.370. The second kappa shape index (κ2) is 4.56. The molecule has 1 saturated carbocycles. The minimum atomic E-state index is 0.0163. The molecule has 1 aliphatic carbocycles. The van der Waals surface area contributed by atoms with Crippen LogP contribution in [0.5, 0.6) is 0 Å². The van der Waals surface area contributed by atoms with Crippen LogP contribution in [0.15, 0.2) is 37.5 Å². The Labute approximate surface area is 127 Å². The van der Waals surface area contributed by atoms with E-state index in [2.05, 4.69) is 21.1 Å². The highest BCUT2D eigenvalue weighted by Crippen LogP contribution is 2.39. The van der Waals surface area contributed by atoms with Gasteiger partial charge in [0, 0.05) is 28.0 Å². The van der Waals surface area contributed by atoms with Gasteiger partial charge < -0.3 is 9.09 Å². The summed E-state index contributed by atoms with van der Waals surface area (Å²) in [6.07, 6.45) is 4.20. The van der Waals surface area contributed by atoms with Gasteiger partial charge in [0.15, 0.2) is 5.76 Å². The Hall–Kier alpha value is -1.40. The van der Waals surface area contributed by atoms with E-state index in [1.165, 1.54) is 24.2 Å². The van der Waals surface area contributed by atoms with E-state index in [9.17, 15) is 4.79 Å². The molecule has 3 aromatic heterocycles. The molecule has 3 heterocycles. The highest BCUT2D eigenvalue weighted by molar-refractivity contribution is 9.10. The predicted octanol–water partition coefficient (Wildman–Crippen LogP) is 3.74. The van der Waals surface area contributed by atoms with Gasteiger partial charge in [-0.3, -0.25) is 4.79 Å². The normalized spacial score (nSPS) is 15.1. The first-order valence-electron chi connectivity index (χ1n) is 6.44. The lowest BCUT2D eigenvalue weighted by Gasteiger charge is -2.04. The number of hydrogen-bond donors (Lipinski definition) is 0. The van der Waals surface area contributed by atoms with Crippen LogP contribution in [0.4, 0.5) is 0 Å². The molecule has 0 N–H and O–H groups in total. The van der Waals surface area contributed by atoms with Crippen LogP contribution in [0.1, 0.15) is 30.2 Å². The molecule has 0 amide bonds. The van der Waals surface area contributed by atoms with Crippen LogP contribution in [0.3, 0.4) is 0 Å². The Balaban J connectivity index is 1.73. The third-order valence-corrected chi connectivity index (χ3v) is 5.08. The minimum Gasteiger partial charge on any atom is -0.359 e. The third kappa shape index (κ3) is 2.03. The van der Waals surface area contributed by atoms with Gasteiger partial charge in [0.25, 0.3) is 5.56 Å². The monoisotopic (exact) mass is 350 g/mol. The Morgan fingerprint density at radius 3 is 3.15 bits per heavy atom. The molecule has 0 aromatic carbocycles. The van der Waals surface area contributed by atoms with Gasteiger partial charge in [-0.25, -0.2) is 0 Å². The van der Waals surface area contributed by atoms with Crippen molar-refractivity contribution in [1.82, 2.24) is 9.72 Å².